The van der Waals surface area contributed by atoms with E-state index >= 15 is 0 Å². The van der Waals surface area contributed by atoms with Gasteiger partial charge in [-0.05, 0) is 30.2 Å². The van der Waals surface area contributed by atoms with Gasteiger partial charge in [-0.2, -0.15) is 0 Å². The number of aryl methyl sites for hydroxylation is 1. The monoisotopic (exact) mass is 381 g/mol. The third-order valence-electron chi connectivity index (χ3n) is 5.02. The van der Waals surface area contributed by atoms with Gasteiger partial charge in [0.05, 0.1) is 16.8 Å². The van der Waals surface area contributed by atoms with E-state index in [2.05, 4.69) is 17.0 Å². The van der Waals surface area contributed by atoms with Gasteiger partial charge in [0.15, 0.2) is 0 Å². The van der Waals surface area contributed by atoms with E-state index in [0.717, 1.165) is 48.8 Å². The van der Waals surface area contributed by atoms with Crippen LogP contribution in [0.4, 0.5) is 0 Å². The van der Waals surface area contributed by atoms with E-state index in [1.165, 1.54) is 4.70 Å². The molecule has 2 heterocycles. The van der Waals surface area contributed by atoms with Gasteiger partial charge in [0.2, 0.25) is 5.91 Å². The molecule has 0 aliphatic carbocycles. The highest BCUT2D eigenvalue weighted by Gasteiger charge is 2.22. The first kappa shape index (κ1) is 17.9. The first-order chi connectivity index (χ1) is 13.2. The van der Waals surface area contributed by atoms with E-state index in [1.807, 2.05) is 29.2 Å². The number of nitrogens with zero attached hydrogens (tertiary/aromatic N) is 3. The second-order valence-corrected chi connectivity index (χ2v) is 7.98. The van der Waals surface area contributed by atoms with E-state index in [4.69, 9.17) is 4.98 Å². The number of hydrogen-bond acceptors (Lipinski definition) is 5. The molecule has 0 saturated carbocycles. The van der Waals surface area contributed by atoms with Crippen LogP contribution in [0.15, 0.2) is 48.5 Å². The highest BCUT2D eigenvalue weighted by Crippen LogP contribution is 2.23. The van der Waals surface area contributed by atoms with E-state index in [0.29, 0.717) is 12.8 Å². The summed E-state index contributed by atoms with van der Waals surface area (Å²) in [4.78, 5) is 21.5. The smallest absolute Gasteiger partial charge is 0.222 e. The van der Waals surface area contributed by atoms with Crippen LogP contribution in [0.3, 0.4) is 0 Å². The summed E-state index contributed by atoms with van der Waals surface area (Å²) in [6, 6.07) is 15.5. The predicted molar refractivity (Wildman–Crippen MR) is 108 cm³/mol. The van der Waals surface area contributed by atoms with Gasteiger partial charge < -0.3 is 10.0 Å². The molecule has 140 valence electrons. The van der Waals surface area contributed by atoms with Crippen molar-refractivity contribution < 1.29 is 9.90 Å². The van der Waals surface area contributed by atoms with E-state index in [-0.39, 0.29) is 11.7 Å². The maximum absolute atomic E-state index is 12.5. The van der Waals surface area contributed by atoms with Gasteiger partial charge in [-0.3, -0.25) is 9.69 Å². The maximum atomic E-state index is 12.5. The van der Waals surface area contributed by atoms with Crippen molar-refractivity contribution in [3.63, 3.8) is 0 Å². The third kappa shape index (κ3) is 4.28. The highest BCUT2D eigenvalue weighted by atomic mass is 32.1. The molecule has 1 aliphatic rings. The molecule has 3 aromatic rings. The van der Waals surface area contributed by atoms with Crippen molar-refractivity contribution >= 4 is 27.5 Å². The number of aromatic nitrogens is 1. The molecule has 27 heavy (non-hydrogen) atoms. The maximum Gasteiger partial charge on any atom is 0.222 e. The van der Waals surface area contributed by atoms with Gasteiger partial charge in [0.1, 0.15) is 10.8 Å². The average molecular weight is 382 g/mol. The molecule has 1 saturated heterocycles. The van der Waals surface area contributed by atoms with Gasteiger partial charge in [-0.15, -0.1) is 11.3 Å². The number of benzene rings is 2. The van der Waals surface area contributed by atoms with Gasteiger partial charge in [0, 0.05) is 32.6 Å². The van der Waals surface area contributed by atoms with Gasteiger partial charge in [-0.25, -0.2) is 4.98 Å². The van der Waals surface area contributed by atoms with Crippen molar-refractivity contribution in [3.05, 3.63) is 59.1 Å². The molecule has 4 rings (SSSR count). The molecule has 6 heteroatoms. The number of para-hydroxylation sites is 2. The highest BCUT2D eigenvalue weighted by molar-refractivity contribution is 7.18. The van der Waals surface area contributed by atoms with Gasteiger partial charge in [-0.1, -0.05) is 30.3 Å². The molecule has 1 aliphatic heterocycles. The average Bonchev–Trinajstić information content (AvgIpc) is 3.10. The molecule has 5 nitrogen and oxygen atoms in total. The molecular formula is C21H23N3O2S. The Morgan fingerprint density at radius 3 is 2.56 bits per heavy atom. The number of hydrogen-bond donors (Lipinski definition) is 1. The van der Waals surface area contributed by atoms with E-state index in [1.54, 1.807) is 23.5 Å². The van der Waals surface area contributed by atoms with Crippen LogP contribution in [0.2, 0.25) is 0 Å². The summed E-state index contributed by atoms with van der Waals surface area (Å²) in [5, 5.41) is 11.0. The summed E-state index contributed by atoms with van der Waals surface area (Å²) < 4.78 is 1.23. The van der Waals surface area contributed by atoms with Crippen molar-refractivity contribution in [3.8, 4) is 5.75 Å². The Kier molecular flexibility index (Phi) is 5.36. The molecule has 0 radical (unpaired) electrons. The first-order valence-electron chi connectivity index (χ1n) is 9.30. The standard InChI is InChI=1S/C21H23N3O2S/c25-18-7-3-1-5-16(18)9-10-21(26)24-13-11-23(12-14-24)15-20-22-17-6-2-4-8-19(17)27-20/h1-8,25H,9-15H2. The van der Waals surface area contributed by atoms with Crippen molar-refractivity contribution in [2.45, 2.75) is 19.4 Å². The number of thiazole rings is 1. The van der Waals surface area contributed by atoms with Crippen LogP contribution in [0.5, 0.6) is 5.75 Å². The number of amides is 1. The van der Waals surface area contributed by atoms with Crippen LogP contribution >= 0.6 is 11.3 Å². The summed E-state index contributed by atoms with van der Waals surface area (Å²) in [5.41, 5.74) is 1.90. The van der Waals surface area contributed by atoms with Gasteiger partial charge >= 0.3 is 0 Å². The minimum atomic E-state index is 0.165. The predicted octanol–water partition coefficient (Wildman–Crippen LogP) is 3.28. The Hall–Kier alpha value is -2.44. The minimum Gasteiger partial charge on any atom is -0.508 e. The molecular weight excluding hydrogens is 358 g/mol. The fourth-order valence-electron chi connectivity index (χ4n) is 3.46. The Labute approximate surface area is 162 Å². The second kappa shape index (κ2) is 8.06. The van der Waals surface area contributed by atoms with Crippen LogP contribution in [-0.4, -0.2) is 52.0 Å². The summed E-state index contributed by atoms with van der Waals surface area (Å²) >= 11 is 1.75. The Morgan fingerprint density at radius 2 is 1.78 bits per heavy atom. The third-order valence-corrected chi connectivity index (χ3v) is 6.04. The molecule has 1 amide bonds. The molecule has 0 atom stereocenters. The minimum absolute atomic E-state index is 0.165. The van der Waals surface area contributed by atoms with Crippen molar-refractivity contribution in [1.82, 2.24) is 14.8 Å². The Balaban J connectivity index is 1.27. The van der Waals surface area contributed by atoms with Crippen LogP contribution in [0, 0.1) is 0 Å². The second-order valence-electron chi connectivity index (χ2n) is 6.86. The molecule has 2 aromatic carbocycles. The van der Waals surface area contributed by atoms with Crippen molar-refractivity contribution in [1.29, 1.82) is 0 Å². The molecule has 0 spiro atoms. The lowest BCUT2D eigenvalue weighted by Gasteiger charge is -2.34. The molecule has 0 unspecified atom stereocenters. The number of rotatable bonds is 5. The summed E-state index contributed by atoms with van der Waals surface area (Å²) in [6.07, 6.45) is 1.02. The fraction of sp³-hybridized carbons (Fsp3) is 0.333. The number of fused-ring (bicyclic) bond motifs is 1. The fourth-order valence-corrected chi connectivity index (χ4v) is 4.47. The lowest BCUT2D eigenvalue weighted by Crippen LogP contribution is -2.48. The molecule has 0 bridgehead atoms. The van der Waals surface area contributed by atoms with Crippen LogP contribution in [-0.2, 0) is 17.8 Å². The Morgan fingerprint density at radius 1 is 1.04 bits per heavy atom. The van der Waals surface area contributed by atoms with Crippen LogP contribution < -0.4 is 0 Å². The summed E-state index contributed by atoms with van der Waals surface area (Å²) in [7, 11) is 0. The summed E-state index contributed by atoms with van der Waals surface area (Å²) in [5.74, 6) is 0.434. The number of carbonyl (C=O) groups is 1. The van der Waals surface area contributed by atoms with Crippen LogP contribution in [0.25, 0.3) is 10.2 Å². The summed E-state index contributed by atoms with van der Waals surface area (Å²) in [6.45, 7) is 4.10. The zero-order chi connectivity index (χ0) is 18.6. The van der Waals surface area contributed by atoms with E-state index < -0.39 is 0 Å². The van der Waals surface area contributed by atoms with Gasteiger partial charge in [0.25, 0.3) is 0 Å². The van der Waals surface area contributed by atoms with Crippen molar-refractivity contribution in [2.24, 2.45) is 0 Å². The number of phenolic OH excluding ortho intramolecular Hbond substituents is 1. The topological polar surface area (TPSA) is 56.7 Å². The zero-order valence-corrected chi connectivity index (χ0v) is 16.0. The largest absolute Gasteiger partial charge is 0.508 e. The first-order valence-corrected chi connectivity index (χ1v) is 10.1. The van der Waals surface area contributed by atoms with Crippen molar-refractivity contribution in [2.75, 3.05) is 26.2 Å². The Bertz CT molecular complexity index is 899. The lowest BCUT2D eigenvalue weighted by molar-refractivity contribution is -0.133. The number of carbonyl (C=O) groups excluding carboxylic acids is 1. The SMILES string of the molecule is O=C(CCc1ccccc1O)N1CCN(Cc2nc3ccccc3s2)CC1. The number of piperazine rings is 1. The lowest BCUT2D eigenvalue weighted by atomic mass is 10.1. The molecule has 1 fully saturated rings. The molecule has 1 aromatic heterocycles. The number of aromatic hydroxyl groups is 1. The van der Waals surface area contributed by atoms with Crippen LogP contribution in [0.1, 0.15) is 17.0 Å². The molecule has 1 N–H and O–H groups in total. The zero-order valence-electron chi connectivity index (χ0n) is 15.2. The quantitative estimate of drug-likeness (QED) is 0.737. The van der Waals surface area contributed by atoms with E-state index in [9.17, 15) is 9.90 Å². The number of phenols is 1. The normalized spacial score (nSPS) is 15.3.